The fourth-order valence-electron chi connectivity index (χ4n) is 2.65. The molecule has 1 fully saturated rings. The predicted octanol–water partition coefficient (Wildman–Crippen LogP) is 2.88. The van der Waals surface area contributed by atoms with Crippen LogP contribution in [0.4, 0.5) is 4.39 Å². The van der Waals surface area contributed by atoms with Gasteiger partial charge in [-0.25, -0.2) is 4.39 Å². The second kappa shape index (κ2) is 8.22. The molecule has 1 aliphatic rings. The maximum Gasteiger partial charge on any atom is 0.128 e. The molecule has 5 heteroatoms. The minimum Gasteiger partial charge on any atom is -0.310 e. The summed E-state index contributed by atoms with van der Waals surface area (Å²) in [6.45, 7) is 8.69. The summed E-state index contributed by atoms with van der Waals surface area (Å²) >= 11 is 3.40. The van der Waals surface area contributed by atoms with Gasteiger partial charge in [0.05, 0.1) is 0 Å². The lowest BCUT2D eigenvalue weighted by Gasteiger charge is -2.32. The first kappa shape index (κ1) is 16.9. The molecule has 1 saturated heterocycles. The highest BCUT2D eigenvalue weighted by Gasteiger charge is 2.14. The zero-order valence-corrected chi connectivity index (χ0v) is 14.5. The number of nitrogens with one attached hydrogen (secondary N) is 1. The maximum atomic E-state index is 13.8. The molecule has 118 valence electrons. The van der Waals surface area contributed by atoms with Crippen molar-refractivity contribution in [3.63, 3.8) is 0 Å². The Balaban J connectivity index is 1.69. The van der Waals surface area contributed by atoms with Crippen molar-refractivity contribution in [1.82, 2.24) is 15.1 Å². The zero-order valence-electron chi connectivity index (χ0n) is 12.9. The molecule has 0 saturated carbocycles. The molecule has 0 amide bonds. The average molecular weight is 358 g/mol. The van der Waals surface area contributed by atoms with Crippen LogP contribution >= 0.6 is 15.9 Å². The van der Waals surface area contributed by atoms with Gasteiger partial charge in [-0.1, -0.05) is 15.9 Å². The van der Waals surface area contributed by atoms with Crippen LogP contribution in [-0.2, 0) is 0 Å². The topological polar surface area (TPSA) is 18.5 Å². The summed E-state index contributed by atoms with van der Waals surface area (Å²) in [7, 11) is 2.17. The fraction of sp³-hybridized carbons (Fsp3) is 0.625. The van der Waals surface area contributed by atoms with Gasteiger partial charge >= 0.3 is 0 Å². The van der Waals surface area contributed by atoms with E-state index in [-0.39, 0.29) is 11.9 Å². The molecule has 21 heavy (non-hydrogen) atoms. The molecule has 1 aromatic rings. The van der Waals surface area contributed by atoms with Crippen molar-refractivity contribution in [3.05, 3.63) is 34.1 Å². The lowest BCUT2D eigenvalue weighted by molar-refractivity contribution is 0.152. The van der Waals surface area contributed by atoms with Crippen LogP contribution < -0.4 is 5.32 Å². The molecule has 3 nitrogen and oxygen atoms in total. The minimum absolute atomic E-state index is 0.0370. The highest BCUT2D eigenvalue weighted by atomic mass is 79.9. The molecule has 2 rings (SSSR count). The maximum absolute atomic E-state index is 13.8. The number of benzene rings is 1. The van der Waals surface area contributed by atoms with Crippen LogP contribution in [0.2, 0.25) is 0 Å². The third kappa shape index (κ3) is 5.33. The molecule has 1 aromatic carbocycles. The number of nitrogens with zero attached hydrogens (tertiary/aromatic N) is 2. The van der Waals surface area contributed by atoms with Gasteiger partial charge in [0.25, 0.3) is 0 Å². The van der Waals surface area contributed by atoms with Crippen molar-refractivity contribution in [2.24, 2.45) is 0 Å². The molecule has 0 bridgehead atoms. The van der Waals surface area contributed by atoms with E-state index in [2.05, 4.69) is 38.1 Å². The number of likely N-dealkylation sites (N-methyl/N-ethyl adjacent to an activating group) is 1. The second-order valence-corrected chi connectivity index (χ2v) is 6.76. The summed E-state index contributed by atoms with van der Waals surface area (Å²) in [4.78, 5) is 4.87. The van der Waals surface area contributed by atoms with E-state index in [1.807, 2.05) is 13.0 Å². The summed E-state index contributed by atoms with van der Waals surface area (Å²) in [6, 6.07) is 5.14. The molecule has 1 aliphatic heterocycles. The smallest absolute Gasteiger partial charge is 0.128 e. The fourth-order valence-corrected chi connectivity index (χ4v) is 3.03. The largest absolute Gasteiger partial charge is 0.310 e. The van der Waals surface area contributed by atoms with E-state index in [0.717, 1.165) is 55.7 Å². The van der Waals surface area contributed by atoms with Gasteiger partial charge in [-0.05, 0) is 51.7 Å². The van der Waals surface area contributed by atoms with Crippen molar-refractivity contribution < 1.29 is 4.39 Å². The number of rotatable bonds is 6. The number of hydrogen-bond acceptors (Lipinski definition) is 3. The standard InChI is InChI=1S/C16H25BrFN3/c1-13(15-12-14(17)4-5-16(15)18)19-6-3-7-21-10-8-20(2)9-11-21/h4-5,12-13,19H,3,6-11H2,1-2H3. The lowest BCUT2D eigenvalue weighted by Crippen LogP contribution is -2.45. The highest BCUT2D eigenvalue weighted by Crippen LogP contribution is 2.21. The van der Waals surface area contributed by atoms with E-state index in [1.54, 1.807) is 6.07 Å². The van der Waals surface area contributed by atoms with E-state index in [9.17, 15) is 4.39 Å². The molecule has 1 unspecified atom stereocenters. The van der Waals surface area contributed by atoms with Crippen LogP contribution in [-0.4, -0.2) is 56.1 Å². The summed E-state index contributed by atoms with van der Waals surface area (Å²) in [5.74, 6) is -0.141. The van der Waals surface area contributed by atoms with E-state index < -0.39 is 0 Å². The van der Waals surface area contributed by atoms with Crippen LogP contribution in [0, 0.1) is 5.82 Å². The first-order valence-corrected chi connectivity index (χ1v) is 8.45. The SMILES string of the molecule is CC(NCCCN1CCN(C)CC1)c1cc(Br)ccc1F. The Morgan fingerprint density at radius 2 is 2.00 bits per heavy atom. The van der Waals surface area contributed by atoms with Crippen LogP contribution in [0.1, 0.15) is 24.9 Å². The van der Waals surface area contributed by atoms with E-state index >= 15 is 0 Å². The summed E-state index contributed by atoms with van der Waals surface area (Å²) < 4.78 is 14.7. The quantitative estimate of drug-likeness (QED) is 0.789. The molecule has 0 aromatic heterocycles. The zero-order chi connectivity index (χ0) is 15.2. The minimum atomic E-state index is -0.141. The third-order valence-corrected chi connectivity index (χ3v) is 4.62. The van der Waals surface area contributed by atoms with Crippen molar-refractivity contribution in [2.75, 3.05) is 46.3 Å². The van der Waals surface area contributed by atoms with Gasteiger partial charge in [0, 0.05) is 42.3 Å². The Hall–Kier alpha value is -0.490. The number of hydrogen-bond donors (Lipinski definition) is 1. The highest BCUT2D eigenvalue weighted by molar-refractivity contribution is 9.10. The van der Waals surface area contributed by atoms with E-state index in [4.69, 9.17) is 0 Å². The van der Waals surface area contributed by atoms with E-state index in [1.165, 1.54) is 6.07 Å². The van der Waals surface area contributed by atoms with Gasteiger partial charge < -0.3 is 15.1 Å². The molecule has 1 atom stereocenters. The molecule has 0 aliphatic carbocycles. The van der Waals surface area contributed by atoms with Crippen LogP contribution in [0.15, 0.2) is 22.7 Å². The van der Waals surface area contributed by atoms with Crippen LogP contribution in [0.5, 0.6) is 0 Å². The van der Waals surface area contributed by atoms with Crippen molar-refractivity contribution >= 4 is 15.9 Å². The van der Waals surface area contributed by atoms with Crippen molar-refractivity contribution in [3.8, 4) is 0 Å². The third-order valence-electron chi connectivity index (χ3n) is 4.12. The normalized spacial score (nSPS) is 18.9. The first-order valence-electron chi connectivity index (χ1n) is 7.65. The summed E-state index contributed by atoms with van der Waals surface area (Å²) in [5.41, 5.74) is 0.726. The molecular formula is C16H25BrFN3. The summed E-state index contributed by atoms with van der Waals surface area (Å²) in [6.07, 6.45) is 1.10. The Morgan fingerprint density at radius 3 is 2.71 bits per heavy atom. The van der Waals surface area contributed by atoms with Crippen molar-refractivity contribution in [1.29, 1.82) is 0 Å². The number of halogens is 2. The molecule has 1 N–H and O–H groups in total. The van der Waals surface area contributed by atoms with Gasteiger partial charge in [0.2, 0.25) is 0 Å². The van der Waals surface area contributed by atoms with Gasteiger partial charge in [0.15, 0.2) is 0 Å². The van der Waals surface area contributed by atoms with Gasteiger partial charge in [-0.3, -0.25) is 0 Å². The first-order chi connectivity index (χ1) is 10.1. The Labute approximate surface area is 135 Å². The molecular weight excluding hydrogens is 333 g/mol. The Kier molecular flexibility index (Phi) is 6.61. The van der Waals surface area contributed by atoms with Crippen LogP contribution in [0.25, 0.3) is 0 Å². The van der Waals surface area contributed by atoms with Gasteiger partial charge in [0.1, 0.15) is 5.82 Å². The van der Waals surface area contributed by atoms with Gasteiger partial charge in [-0.15, -0.1) is 0 Å². The molecule has 0 spiro atoms. The Morgan fingerprint density at radius 1 is 1.29 bits per heavy atom. The monoisotopic (exact) mass is 357 g/mol. The Bertz CT molecular complexity index is 447. The number of piperazine rings is 1. The molecule has 0 radical (unpaired) electrons. The van der Waals surface area contributed by atoms with E-state index in [0.29, 0.717) is 0 Å². The second-order valence-electron chi connectivity index (χ2n) is 5.84. The lowest BCUT2D eigenvalue weighted by atomic mass is 10.1. The van der Waals surface area contributed by atoms with Crippen LogP contribution in [0.3, 0.4) is 0 Å². The molecule has 1 heterocycles. The average Bonchev–Trinajstić information content (AvgIpc) is 2.47. The van der Waals surface area contributed by atoms with Gasteiger partial charge in [-0.2, -0.15) is 0 Å². The van der Waals surface area contributed by atoms with Crippen molar-refractivity contribution in [2.45, 2.75) is 19.4 Å². The summed E-state index contributed by atoms with van der Waals surface area (Å²) in [5, 5.41) is 3.42. The predicted molar refractivity (Wildman–Crippen MR) is 89.1 cm³/mol.